The van der Waals surface area contributed by atoms with Gasteiger partial charge in [0, 0.05) is 6.92 Å². The van der Waals surface area contributed by atoms with Gasteiger partial charge in [0.05, 0.1) is 13.2 Å². The third-order valence-electron chi connectivity index (χ3n) is 4.38. The van der Waals surface area contributed by atoms with Gasteiger partial charge >= 0.3 is 0 Å². The van der Waals surface area contributed by atoms with Gasteiger partial charge in [-0.3, -0.25) is 4.79 Å². The highest BCUT2D eigenvalue weighted by molar-refractivity contribution is 5.73. The number of aliphatic hydroxyl groups is 7. The summed E-state index contributed by atoms with van der Waals surface area (Å²) in [6.45, 7) is -0.195. The Kier molecular flexibility index (Phi) is 7.27. The summed E-state index contributed by atoms with van der Waals surface area (Å²) in [6.07, 6.45) is -13.7. The molecule has 2 heterocycles. The highest BCUT2D eigenvalue weighted by atomic mass is 16.7. The van der Waals surface area contributed by atoms with Gasteiger partial charge in [0.2, 0.25) is 5.91 Å². The molecule has 2 aliphatic heterocycles. The Morgan fingerprint density at radius 1 is 0.923 bits per heavy atom. The van der Waals surface area contributed by atoms with Crippen molar-refractivity contribution in [2.24, 2.45) is 0 Å². The quantitative estimate of drug-likeness (QED) is 0.226. The Bertz CT molecular complexity index is 478. The third-order valence-corrected chi connectivity index (χ3v) is 4.38. The molecule has 8 N–H and O–H groups in total. The van der Waals surface area contributed by atoms with E-state index < -0.39 is 80.5 Å². The lowest BCUT2D eigenvalue weighted by atomic mass is 9.95. The van der Waals surface area contributed by atoms with E-state index in [1.165, 1.54) is 0 Å². The zero-order chi connectivity index (χ0) is 19.6. The van der Waals surface area contributed by atoms with Crippen LogP contribution in [-0.4, -0.2) is 116 Å². The predicted molar refractivity (Wildman–Crippen MR) is 80.2 cm³/mol. The van der Waals surface area contributed by atoms with Gasteiger partial charge in [-0.1, -0.05) is 0 Å². The van der Waals surface area contributed by atoms with Gasteiger partial charge in [-0.25, -0.2) is 0 Å². The molecule has 0 saturated carbocycles. The zero-order valence-electron chi connectivity index (χ0n) is 14.0. The number of nitrogens with one attached hydrogen (secondary N) is 1. The van der Waals surface area contributed by atoms with Crippen LogP contribution in [0.5, 0.6) is 0 Å². The van der Waals surface area contributed by atoms with Crippen LogP contribution in [0.15, 0.2) is 0 Å². The summed E-state index contributed by atoms with van der Waals surface area (Å²) in [4.78, 5) is 11.4. The second-order valence-electron chi connectivity index (χ2n) is 6.26. The number of carbonyl (C=O) groups is 1. The molecule has 0 spiro atoms. The van der Waals surface area contributed by atoms with E-state index in [9.17, 15) is 40.5 Å². The first kappa shape index (κ1) is 21.4. The molecule has 0 aliphatic carbocycles. The van der Waals surface area contributed by atoms with Crippen LogP contribution >= 0.6 is 0 Å². The number of aliphatic hydroxyl groups excluding tert-OH is 7. The standard InChI is InChI=1S/C14H25NO11/c1-4(18)15-7-12(9(20)6(3-17)24-13(7)23)26-14-11(22)10(21)8(19)5(2-16)25-14/h5-14,16-17,19-23H,2-3H2,1H3,(H,15,18)/t5-,6-,7-,8+,9+,10+,11-,12-,13?,14?/m1/s1. The van der Waals surface area contributed by atoms with Gasteiger partial charge < -0.3 is 55.3 Å². The van der Waals surface area contributed by atoms with Gasteiger partial charge in [-0.2, -0.15) is 0 Å². The molecular formula is C14H25NO11. The minimum absolute atomic E-state index is 0.574. The van der Waals surface area contributed by atoms with E-state index in [1.807, 2.05) is 0 Å². The van der Waals surface area contributed by atoms with Crippen LogP contribution in [-0.2, 0) is 19.0 Å². The SMILES string of the molecule is CC(=O)N[C@H]1C(O)O[C@H](CO)[C@H](O)[C@@H]1OC1O[C@H](CO)[C@H](O)[C@H](O)[C@H]1O. The fourth-order valence-corrected chi connectivity index (χ4v) is 2.97. The number of ether oxygens (including phenoxy) is 3. The molecular weight excluding hydrogens is 358 g/mol. The Morgan fingerprint density at radius 2 is 1.50 bits per heavy atom. The van der Waals surface area contributed by atoms with Crippen LogP contribution in [0, 0.1) is 0 Å². The molecule has 2 saturated heterocycles. The summed E-state index contributed by atoms with van der Waals surface area (Å²) in [5, 5.41) is 70.7. The summed E-state index contributed by atoms with van der Waals surface area (Å²) >= 11 is 0. The monoisotopic (exact) mass is 383 g/mol. The Morgan fingerprint density at radius 3 is 2.04 bits per heavy atom. The average Bonchev–Trinajstić information content (AvgIpc) is 2.60. The molecule has 0 bridgehead atoms. The van der Waals surface area contributed by atoms with Crippen molar-refractivity contribution in [1.29, 1.82) is 0 Å². The third kappa shape index (κ3) is 4.31. The maximum absolute atomic E-state index is 11.4. The fraction of sp³-hybridized carbons (Fsp3) is 0.929. The molecule has 1 amide bonds. The normalized spacial score (nSPS) is 46.8. The minimum atomic E-state index is -1.74. The molecule has 0 aromatic heterocycles. The molecule has 2 rings (SSSR count). The van der Waals surface area contributed by atoms with Crippen molar-refractivity contribution in [1.82, 2.24) is 5.32 Å². The van der Waals surface area contributed by atoms with Gasteiger partial charge in [0.1, 0.15) is 48.8 Å². The first-order chi connectivity index (χ1) is 12.2. The topological polar surface area (TPSA) is 198 Å². The molecule has 26 heavy (non-hydrogen) atoms. The van der Waals surface area contributed by atoms with Gasteiger partial charge in [-0.15, -0.1) is 0 Å². The van der Waals surface area contributed by atoms with Crippen molar-refractivity contribution in [2.45, 2.75) is 68.3 Å². The average molecular weight is 383 g/mol. The number of amides is 1. The predicted octanol–water partition coefficient (Wildman–Crippen LogP) is -5.25. The van der Waals surface area contributed by atoms with E-state index in [4.69, 9.17) is 14.2 Å². The molecule has 152 valence electrons. The maximum atomic E-state index is 11.4. The highest BCUT2D eigenvalue weighted by Gasteiger charge is 2.50. The number of carbonyl (C=O) groups excluding carboxylic acids is 1. The van der Waals surface area contributed by atoms with Crippen molar-refractivity contribution in [3.63, 3.8) is 0 Å². The van der Waals surface area contributed by atoms with Crippen molar-refractivity contribution in [3.05, 3.63) is 0 Å². The van der Waals surface area contributed by atoms with Crippen LogP contribution < -0.4 is 5.32 Å². The van der Waals surface area contributed by atoms with Crippen molar-refractivity contribution in [3.8, 4) is 0 Å². The van der Waals surface area contributed by atoms with E-state index in [2.05, 4.69) is 5.32 Å². The smallest absolute Gasteiger partial charge is 0.217 e. The van der Waals surface area contributed by atoms with Crippen LogP contribution in [0.2, 0.25) is 0 Å². The van der Waals surface area contributed by atoms with E-state index in [0.29, 0.717) is 0 Å². The summed E-state index contributed by atoms with van der Waals surface area (Å²) in [7, 11) is 0. The lowest BCUT2D eigenvalue weighted by Crippen LogP contribution is -2.67. The second-order valence-corrected chi connectivity index (χ2v) is 6.26. The molecule has 10 atom stereocenters. The Balaban J connectivity index is 2.21. The number of hydrogen-bond donors (Lipinski definition) is 8. The van der Waals surface area contributed by atoms with E-state index in [0.717, 1.165) is 6.92 Å². The highest BCUT2D eigenvalue weighted by Crippen LogP contribution is 2.28. The van der Waals surface area contributed by atoms with Crippen molar-refractivity contribution in [2.75, 3.05) is 13.2 Å². The molecule has 2 unspecified atom stereocenters. The lowest BCUT2D eigenvalue weighted by molar-refractivity contribution is -0.341. The minimum Gasteiger partial charge on any atom is -0.394 e. The van der Waals surface area contributed by atoms with Crippen LogP contribution in [0.25, 0.3) is 0 Å². The summed E-state index contributed by atoms with van der Waals surface area (Å²) in [6, 6.07) is -1.28. The number of hydrogen-bond acceptors (Lipinski definition) is 11. The first-order valence-electron chi connectivity index (χ1n) is 8.06. The molecule has 2 fully saturated rings. The van der Waals surface area contributed by atoms with Gasteiger partial charge in [0.15, 0.2) is 12.6 Å². The van der Waals surface area contributed by atoms with Gasteiger partial charge in [-0.05, 0) is 0 Å². The first-order valence-corrected chi connectivity index (χ1v) is 8.06. The molecule has 12 nitrogen and oxygen atoms in total. The van der Waals surface area contributed by atoms with Crippen LogP contribution in [0.1, 0.15) is 6.92 Å². The van der Waals surface area contributed by atoms with Crippen molar-refractivity contribution < 1.29 is 54.8 Å². The van der Waals surface area contributed by atoms with Crippen molar-refractivity contribution >= 4 is 5.91 Å². The fourth-order valence-electron chi connectivity index (χ4n) is 2.97. The molecule has 2 aliphatic rings. The second kappa shape index (κ2) is 8.84. The Labute approximate surface area is 148 Å². The van der Waals surface area contributed by atoms with Crippen LogP contribution in [0.4, 0.5) is 0 Å². The van der Waals surface area contributed by atoms with E-state index in [-0.39, 0.29) is 0 Å². The molecule has 0 aromatic carbocycles. The van der Waals surface area contributed by atoms with E-state index in [1.54, 1.807) is 0 Å². The summed E-state index contributed by atoms with van der Waals surface area (Å²) < 4.78 is 15.7. The lowest BCUT2D eigenvalue weighted by Gasteiger charge is -2.46. The molecule has 12 heteroatoms. The number of rotatable bonds is 5. The van der Waals surface area contributed by atoms with E-state index >= 15 is 0 Å². The molecule has 0 radical (unpaired) electrons. The largest absolute Gasteiger partial charge is 0.394 e. The summed E-state index contributed by atoms with van der Waals surface area (Å²) in [5.41, 5.74) is 0. The molecule has 0 aromatic rings. The Hall–Kier alpha value is -0.930. The maximum Gasteiger partial charge on any atom is 0.217 e. The summed E-state index contributed by atoms with van der Waals surface area (Å²) in [5.74, 6) is -0.574. The zero-order valence-corrected chi connectivity index (χ0v) is 14.0. The van der Waals surface area contributed by atoms with Crippen LogP contribution in [0.3, 0.4) is 0 Å². The van der Waals surface area contributed by atoms with Gasteiger partial charge in [0.25, 0.3) is 0 Å².